The van der Waals surface area contributed by atoms with Crippen LogP contribution >= 0.6 is 11.6 Å². The van der Waals surface area contributed by atoms with Gasteiger partial charge in [-0.2, -0.15) is 0 Å². The normalized spacial score (nSPS) is 12.6. The Morgan fingerprint density at radius 3 is 2.40 bits per heavy atom. The summed E-state index contributed by atoms with van der Waals surface area (Å²) in [4.78, 5) is 18.4. The molecule has 0 amide bonds. The number of aliphatic carboxylic acids is 1. The summed E-state index contributed by atoms with van der Waals surface area (Å²) in [6.07, 6.45) is 2.06. The van der Waals surface area contributed by atoms with Crippen LogP contribution in [0.1, 0.15) is 42.1 Å². The van der Waals surface area contributed by atoms with E-state index >= 15 is 0 Å². The lowest BCUT2D eigenvalue weighted by Crippen LogP contribution is -2.25. The van der Waals surface area contributed by atoms with Crippen molar-refractivity contribution in [1.29, 1.82) is 0 Å². The maximum Gasteiger partial charge on any atom is 0.307 e. The zero-order valence-corrected chi connectivity index (χ0v) is 23.4. The molecule has 0 saturated heterocycles. The zero-order chi connectivity index (χ0) is 27.9. The lowest BCUT2D eigenvalue weighted by atomic mass is 10.1. The number of carboxylic acids is 1. The van der Waals surface area contributed by atoms with Gasteiger partial charge >= 0.3 is 5.97 Å². The first-order chi connectivity index (χ1) is 19.5. The Kier molecular flexibility index (Phi) is 9.04. The molecule has 0 saturated carbocycles. The van der Waals surface area contributed by atoms with Gasteiger partial charge in [0, 0.05) is 31.7 Å². The third-order valence-electron chi connectivity index (χ3n) is 6.93. The summed E-state index contributed by atoms with van der Waals surface area (Å²) in [6, 6.07) is 24.0. The second kappa shape index (κ2) is 13.0. The van der Waals surface area contributed by atoms with Crippen molar-refractivity contribution >= 4 is 17.6 Å². The third-order valence-corrected chi connectivity index (χ3v) is 7.23. The fraction of sp³-hybridized carbons (Fsp3) is 0.312. The van der Waals surface area contributed by atoms with Gasteiger partial charge in [0.25, 0.3) is 0 Å². The predicted octanol–water partition coefficient (Wildman–Crippen LogP) is 6.60. The molecule has 4 aromatic rings. The van der Waals surface area contributed by atoms with Gasteiger partial charge in [0.15, 0.2) is 16.7 Å². The van der Waals surface area contributed by atoms with Gasteiger partial charge in [-0.3, -0.25) is 9.69 Å². The van der Waals surface area contributed by atoms with Gasteiger partial charge in [-0.05, 0) is 35.2 Å². The number of rotatable bonds is 12. The standard InChI is InChI=1S/C32H34ClN3O4/c1-2-3-14-36-27(31(33)34-32(36)26-10-5-4-6-11-26)22-35(20-24-9-7-8-23(17-24)19-30(37)38)21-25-12-13-28-29(18-25)40-16-15-39-28/h4-13,17-18H,2-3,14-16,19-22H2,1H3,(H,37,38). The molecule has 1 aliphatic rings. The average molecular weight is 560 g/mol. The molecule has 0 aliphatic carbocycles. The van der Waals surface area contributed by atoms with Gasteiger partial charge in [-0.25, -0.2) is 4.98 Å². The topological polar surface area (TPSA) is 76.8 Å². The van der Waals surface area contributed by atoms with Crippen molar-refractivity contribution in [3.05, 3.63) is 100 Å². The Morgan fingerprint density at radius 1 is 0.925 bits per heavy atom. The number of ether oxygens (including phenoxy) is 2. The van der Waals surface area contributed by atoms with Crippen LogP contribution in [0, 0.1) is 0 Å². The SMILES string of the molecule is CCCCn1c(-c2ccccc2)nc(Cl)c1CN(Cc1cccc(CC(=O)O)c1)Cc1ccc2c(c1)OCCO2. The van der Waals surface area contributed by atoms with Crippen LogP contribution in [0.4, 0.5) is 0 Å². The summed E-state index contributed by atoms with van der Waals surface area (Å²) >= 11 is 6.85. The van der Waals surface area contributed by atoms with Crippen LogP contribution in [0.5, 0.6) is 11.5 Å². The Balaban J connectivity index is 1.49. The molecule has 0 spiro atoms. The van der Waals surface area contributed by atoms with Gasteiger partial charge in [-0.15, -0.1) is 0 Å². The van der Waals surface area contributed by atoms with Gasteiger partial charge in [0.2, 0.25) is 0 Å². The molecular weight excluding hydrogens is 526 g/mol. The van der Waals surface area contributed by atoms with Gasteiger partial charge in [0.1, 0.15) is 19.0 Å². The number of carbonyl (C=O) groups is 1. The number of aromatic nitrogens is 2. The van der Waals surface area contributed by atoms with E-state index in [0.29, 0.717) is 38.0 Å². The lowest BCUT2D eigenvalue weighted by Gasteiger charge is -2.25. The molecule has 0 radical (unpaired) electrons. The van der Waals surface area contributed by atoms with E-state index in [4.69, 9.17) is 26.1 Å². The van der Waals surface area contributed by atoms with E-state index in [2.05, 4.69) is 34.6 Å². The van der Waals surface area contributed by atoms with E-state index in [1.54, 1.807) is 0 Å². The molecule has 1 aliphatic heterocycles. The molecule has 1 aromatic heterocycles. The smallest absolute Gasteiger partial charge is 0.307 e. The fourth-order valence-corrected chi connectivity index (χ4v) is 5.31. The lowest BCUT2D eigenvalue weighted by molar-refractivity contribution is -0.136. The summed E-state index contributed by atoms with van der Waals surface area (Å²) in [5.41, 5.74) is 4.90. The van der Waals surface area contributed by atoms with Crippen LogP contribution in [0.15, 0.2) is 72.8 Å². The molecular formula is C32H34ClN3O4. The van der Waals surface area contributed by atoms with E-state index in [1.165, 1.54) is 0 Å². The van der Waals surface area contributed by atoms with Crippen LogP contribution in [-0.4, -0.2) is 38.7 Å². The first kappa shape index (κ1) is 27.7. The number of imidazole rings is 1. The third kappa shape index (κ3) is 6.84. The minimum atomic E-state index is -0.842. The van der Waals surface area contributed by atoms with Gasteiger partial charge in [0.05, 0.1) is 12.1 Å². The molecule has 1 N–H and O–H groups in total. The molecule has 2 heterocycles. The summed E-state index contributed by atoms with van der Waals surface area (Å²) < 4.78 is 13.8. The average Bonchev–Trinajstić information content (AvgIpc) is 3.26. The maximum absolute atomic E-state index is 11.3. The first-order valence-electron chi connectivity index (χ1n) is 13.7. The van der Waals surface area contributed by atoms with Crippen molar-refractivity contribution in [3.63, 3.8) is 0 Å². The highest BCUT2D eigenvalue weighted by atomic mass is 35.5. The summed E-state index contributed by atoms with van der Waals surface area (Å²) in [7, 11) is 0. The molecule has 0 unspecified atom stereocenters. The number of unbranched alkanes of at least 4 members (excludes halogenated alkanes) is 1. The second-order valence-electron chi connectivity index (χ2n) is 10.1. The number of halogens is 1. The minimum absolute atomic E-state index is 0.00788. The van der Waals surface area contributed by atoms with E-state index in [-0.39, 0.29) is 6.42 Å². The molecule has 7 nitrogen and oxygen atoms in total. The van der Waals surface area contributed by atoms with Crippen LogP contribution in [0.25, 0.3) is 11.4 Å². The quantitative estimate of drug-likeness (QED) is 0.211. The van der Waals surface area contributed by atoms with Gasteiger partial charge in [-0.1, -0.05) is 85.6 Å². The summed E-state index contributed by atoms with van der Waals surface area (Å²) in [5, 5.41) is 9.80. The second-order valence-corrected chi connectivity index (χ2v) is 10.4. The number of carboxylic acid groups (broad SMARTS) is 1. The van der Waals surface area contributed by atoms with Crippen molar-refractivity contribution < 1.29 is 19.4 Å². The molecule has 40 heavy (non-hydrogen) atoms. The number of hydrogen-bond donors (Lipinski definition) is 1. The molecule has 8 heteroatoms. The van der Waals surface area contributed by atoms with Crippen LogP contribution in [-0.2, 0) is 37.4 Å². The number of fused-ring (bicyclic) bond motifs is 1. The largest absolute Gasteiger partial charge is 0.486 e. The molecule has 5 rings (SSSR count). The van der Waals surface area contributed by atoms with Crippen LogP contribution in [0.2, 0.25) is 5.15 Å². The van der Waals surface area contributed by atoms with Crippen molar-refractivity contribution in [3.8, 4) is 22.9 Å². The van der Waals surface area contributed by atoms with E-state index in [0.717, 1.165) is 64.7 Å². The highest BCUT2D eigenvalue weighted by molar-refractivity contribution is 6.30. The monoisotopic (exact) mass is 559 g/mol. The predicted molar refractivity (Wildman–Crippen MR) is 156 cm³/mol. The Labute approximate surface area is 239 Å². The van der Waals surface area contributed by atoms with Crippen LogP contribution < -0.4 is 9.47 Å². The van der Waals surface area contributed by atoms with E-state index < -0.39 is 5.97 Å². The minimum Gasteiger partial charge on any atom is -0.486 e. The maximum atomic E-state index is 11.3. The van der Waals surface area contributed by atoms with Crippen molar-refractivity contribution in [2.45, 2.75) is 52.4 Å². The van der Waals surface area contributed by atoms with E-state index in [1.807, 2.05) is 54.6 Å². The molecule has 0 atom stereocenters. The Hall–Kier alpha value is -3.81. The molecule has 208 valence electrons. The number of benzene rings is 3. The van der Waals surface area contributed by atoms with Crippen molar-refractivity contribution in [2.24, 2.45) is 0 Å². The zero-order valence-electron chi connectivity index (χ0n) is 22.7. The summed E-state index contributed by atoms with van der Waals surface area (Å²) in [5.74, 6) is 1.54. The van der Waals surface area contributed by atoms with E-state index in [9.17, 15) is 9.90 Å². The number of hydrogen-bond acceptors (Lipinski definition) is 5. The summed E-state index contributed by atoms with van der Waals surface area (Å²) in [6.45, 7) is 5.90. The highest BCUT2D eigenvalue weighted by Crippen LogP contribution is 2.32. The van der Waals surface area contributed by atoms with Crippen LogP contribution in [0.3, 0.4) is 0 Å². The van der Waals surface area contributed by atoms with Crippen molar-refractivity contribution in [2.75, 3.05) is 13.2 Å². The molecule has 0 fully saturated rings. The molecule has 0 bridgehead atoms. The Morgan fingerprint density at radius 2 is 1.65 bits per heavy atom. The fourth-order valence-electron chi connectivity index (χ4n) is 5.07. The number of nitrogens with zero attached hydrogens (tertiary/aromatic N) is 3. The van der Waals surface area contributed by atoms with Gasteiger partial charge < -0.3 is 19.1 Å². The highest BCUT2D eigenvalue weighted by Gasteiger charge is 2.21. The van der Waals surface area contributed by atoms with Crippen molar-refractivity contribution in [1.82, 2.24) is 14.5 Å². The molecule has 3 aromatic carbocycles. The first-order valence-corrected chi connectivity index (χ1v) is 14.1. The Bertz CT molecular complexity index is 1450.